The highest BCUT2D eigenvalue weighted by Crippen LogP contribution is 2.21. The summed E-state index contributed by atoms with van der Waals surface area (Å²) in [6, 6.07) is 10.4. The number of piperidine rings is 1. The van der Waals surface area contributed by atoms with Gasteiger partial charge in [0.15, 0.2) is 0 Å². The molecule has 2 amide bonds. The summed E-state index contributed by atoms with van der Waals surface area (Å²) < 4.78 is 4.85. The topological polar surface area (TPSA) is 58.6 Å². The van der Waals surface area contributed by atoms with Crippen molar-refractivity contribution in [1.29, 1.82) is 0 Å². The van der Waals surface area contributed by atoms with Crippen LogP contribution in [0.3, 0.4) is 0 Å². The van der Waals surface area contributed by atoms with Crippen molar-refractivity contribution < 1.29 is 14.3 Å². The Morgan fingerprint density at radius 3 is 2.55 bits per heavy atom. The molecular weight excluding hydrogens is 280 g/mol. The normalized spacial score (nSPS) is 15.6. The van der Waals surface area contributed by atoms with E-state index in [2.05, 4.69) is 29.6 Å². The number of nitrogens with one attached hydrogen (secondary N) is 1. The smallest absolute Gasteiger partial charge is 0.311 e. The Labute approximate surface area is 131 Å². The van der Waals surface area contributed by atoms with Crippen LogP contribution in [0.5, 0.6) is 0 Å². The van der Waals surface area contributed by atoms with Gasteiger partial charge >= 0.3 is 11.8 Å². The van der Waals surface area contributed by atoms with Crippen LogP contribution in [0.1, 0.15) is 18.4 Å². The van der Waals surface area contributed by atoms with Crippen LogP contribution in [0.25, 0.3) is 0 Å². The first-order valence-corrected chi connectivity index (χ1v) is 7.80. The molecule has 0 saturated carbocycles. The van der Waals surface area contributed by atoms with Gasteiger partial charge in [-0.3, -0.25) is 9.59 Å². The van der Waals surface area contributed by atoms with E-state index >= 15 is 0 Å². The number of methoxy groups -OCH3 is 1. The highest BCUT2D eigenvalue weighted by molar-refractivity contribution is 6.35. The Morgan fingerprint density at radius 1 is 1.23 bits per heavy atom. The molecule has 1 heterocycles. The molecule has 0 unspecified atom stereocenters. The number of nitrogens with zero attached hydrogens (tertiary/aromatic N) is 1. The summed E-state index contributed by atoms with van der Waals surface area (Å²) in [6.07, 6.45) is 2.95. The van der Waals surface area contributed by atoms with Gasteiger partial charge in [0.25, 0.3) is 0 Å². The van der Waals surface area contributed by atoms with E-state index in [1.165, 1.54) is 5.56 Å². The minimum Gasteiger partial charge on any atom is -0.383 e. The van der Waals surface area contributed by atoms with Gasteiger partial charge in [0.05, 0.1) is 6.61 Å². The maximum absolute atomic E-state index is 12.0. The second-order valence-electron chi connectivity index (χ2n) is 5.67. The molecule has 0 aromatic heterocycles. The molecule has 5 nitrogen and oxygen atoms in total. The fourth-order valence-corrected chi connectivity index (χ4v) is 2.77. The lowest BCUT2D eigenvalue weighted by Gasteiger charge is -2.31. The summed E-state index contributed by atoms with van der Waals surface area (Å²) in [5, 5.41) is 2.58. The Bertz CT molecular complexity index is 482. The number of carbonyl (C=O) groups excluding carboxylic acids is 2. The predicted octanol–water partition coefficient (Wildman–Crippen LogP) is 1.23. The minimum atomic E-state index is -0.529. The van der Waals surface area contributed by atoms with Crippen LogP contribution in [-0.2, 0) is 20.7 Å². The van der Waals surface area contributed by atoms with Gasteiger partial charge < -0.3 is 15.0 Å². The van der Waals surface area contributed by atoms with Crippen molar-refractivity contribution in [3.63, 3.8) is 0 Å². The van der Waals surface area contributed by atoms with E-state index < -0.39 is 11.8 Å². The Hall–Kier alpha value is -1.88. The summed E-state index contributed by atoms with van der Waals surface area (Å²) in [5.41, 5.74) is 1.34. The molecule has 0 bridgehead atoms. The zero-order chi connectivity index (χ0) is 15.8. The largest absolute Gasteiger partial charge is 0.383 e. The molecule has 22 heavy (non-hydrogen) atoms. The van der Waals surface area contributed by atoms with E-state index in [-0.39, 0.29) is 0 Å². The number of ether oxygens (including phenoxy) is 1. The van der Waals surface area contributed by atoms with E-state index in [4.69, 9.17) is 4.74 Å². The third-order valence-corrected chi connectivity index (χ3v) is 4.05. The summed E-state index contributed by atoms with van der Waals surface area (Å²) >= 11 is 0. The van der Waals surface area contributed by atoms with Crippen molar-refractivity contribution in [2.45, 2.75) is 19.3 Å². The molecule has 1 aliphatic heterocycles. The van der Waals surface area contributed by atoms with Gasteiger partial charge in [0.1, 0.15) is 0 Å². The van der Waals surface area contributed by atoms with Crippen molar-refractivity contribution >= 4 is 11.8 Å². The first kappa shape index (κ1) is 16.5. The lowest BCUT2D eigenvalue weighted by molar-refractivity contribution is -0.146. The highest BCUT2D eigenvalue weighted by Gasteiger charge is 2.26. The molecule has 1 aromatic rings. The molecule has 0 radical (unpaired) electrons. The standard InChI is InChI=1S/C17H24N2O3/c1-22-12-9-18-16(20)17(21)19-10-7-15(8-11-19)13-14-5-3-2-4-6-14/h2-6,15H,7-13H2,1H3,(H,18,20). The number of likely N-dealkylation sites (tertiary alicyclic amines) is 1. The van der Waals surface area contributed by atoms with Crippen LogP contribution in [0.4, 0.5) is 0 Å². The number of hydrogen-bond donors (Lipinski definition) is 1. The maximum atomic E-state index is 12.0. The lowest BCUT2D eigenvalue weighted by atomic mass is 9.90. The van der Waals surface area contributed by atoms with Crippen LogP contribution in [0.2, 0.25) is 0 Å². The van der Waals surface area contributed by atoms with E-state index in [9.17, 15) is 9.59 Å². The number of benzene rings is 1. The van der Waals surface area contributed by atoms with Gasteiger partial charge in [-0.15, -0.1) is 0 Å². The molecule has 1 aromatic carbocycles. The number of amides is 2. The molecule has 2 rings (SSSR count). The van der Waals surface area contributed by atoms with Crippen molar-refractivity contribution in [3.05, 3.63) is 35.9 Å². The van der Waals surface area contributed by atoms with Gasteiger partial charge in [-0.2, -0.15) is 0 Å². The number of hydrogen-bond acceptors (Lipinski definition) is 3. The average molecular weight is 304 g/mol. The third kappa shape index (κ3) is 4.84. The van der Waals surface area contributed by atoms with Gasteiger partial charge in [-0.1, -0.05) is 30.3 Å². The minimum absolute atomic E-state index is 0.367. The summed E-state index contributed by atoms with van der Waals surface area (Å²) in [4.78, 5) is 25.4. The fourth-order valence-electron chi connectivity index (χ4n) is 2.77. The number of rotatable bonds is 5. The second kappa shape index (κ2) is 8.54. The maximum Gasteiger partial charge on any atom is 0.311 e. The second-order valence-corrected chi connectivity index (χ2v) is 5.67. The van der Waals surface area contributed by atoms with Gasteiger partial charge in [0.2, 0.25) is 0 Å². The van der Waals surface area contributed by atoms with Crippen LogP contribution in [-0.4, -0.2) is 50.1 Å². The SMILES string of the molecule is COCCNC(=O)C(=O)N1CCC(Cc2ccccc2)CC1. The Morgan fingerprint density at radius 2 is 1.91 bits per heavy atom. The molecular formula is C17H24N2O3. The molecule has 1 N–H and O–H groups in total. The summed E-state index contributed by atoms with van der Waals surface area (Å²) in [7, 11) is 1.56. The lowest BCUT2D eigenvalue weighted by Crippen LogP contribution is -2.47. The number of carbonyl (C=O) groups is 2. The van der Waals surface area contributed by atoms with Crippen LogP contribution in [0, 0.1) is 5.92 Å². The van der Waals surface area contributed by atoms with Crippen LogP contribution < -0.4 is 5.32 Å². The van der Waals surface area contributed by atoms with E-state index in [0.717, 1.165) is 19.3 Å². The molecule has 0 atom stereocenters. The quantitative estimate of drug-likeness (QED) is 0.657. The highest BCUT2D eigenvalue weighted by atomic mass is 16.5. The van der Waals surface area contributed by atoms with E-state index in [1.807, 2.05) is 6.07 Å². The molecule has 5 heteroatoms. The molecule has 1 aliphatic rings. The zero-order valence-electron chi connectivity index (χ0n) is 13.1. The molecule has 120 valence electrons. The molecule has 0 aliphatic carbocycles. The summed E-state index contributed by atoms with van der Waals surface area (Å²) in [5.74, 6) is -0.365. The summed E-state index contributed by atoms with van der Waals surface area (Å²) in [6.45, 7) is 2.10. The van der Waals surface area contributed by atoms with E-state index in [0.29, 0.717) is 32.2 Å². The van der Waals surface area contributed by atoms with Crippen molar-refractivity contribution in [2.24, 2.45) is 5.92 Å². The Balaban J connectivity index is 1.74. The first-order valence-electron chi connectivity index (χ1n) is 7.80. The monoisotopic (exact) mass is 304 g/mol. The van der Waals surface area contributed by atoms with Gasteiger partial charge in [0, 0.05) is 26.7 Å². The van der Waals surface area contributed by atoms with Gasteiger partial charge in [-0.05, 0) is 30.7 Å². The van der Waals surface area contributed by atoms with Crippen LogP contribution >= 0.6 is 0 Å². The van der Waals surface area contributed by atoms with Gasteiger partial charge in [-0.25, -0.2) is 0 Å². The fraction of sp³-hybridized carbons (Fsp3) is 0.529. The van der Waals surface area contributed by atoms with Crippen LogP contribution in [0.15, 0.2) is 30.3 Å². The molecule has 0 spiro atoms. The molecule has 1 saturated heterocycles. The van der Waals surface area contributed by atoms with Crippen molar-refractivity contribution in [1.82, 2.24) is 10.2 Å². The average Bonchev–Trinajstić information content (AvgIpc) is 2.56. The van der Waals surface area contributed by atoms with E-state index in [1.54, 1.807) is 12.0 Å². The van der Waals surface area contributed by atoms with Crippen molar-refractivity contribution in [2.75, 3.05) is 33.4 Å². The third-order valence-electron chi connectivity index (χ3n) is 4.05. The van der Waals surface area contributed by atoms with Crippen molar-refractivity contribution in [3.8, 4) is 0 Å². The molecule has 1 fully saturated rings. The zero-order valence-corrected chi connectivity index (χ0v) is 13.1. The first-order chi connectivity index (χ1) is 10.7. The predicted molar refractivity (Wildman–Crippen MR) is 84.3 cm³/mol. The Kier molecular flexibility index (Phi) is 6.40.